The van der Waals surface area contributed by atoms with E-state index in [0.29, 0.717) is 12.1 Å². The number of nitro groups is 1. The summed E-state index contributed by atoms with van der Waals surface area (Å²) in [6.45, 7) is 2.28. The second kappa shape index (κ2) is 12.3. The summed E-state index contributed by atoms with van der Waals surface area (Å²) in [5.41, 5.74) is 1.83. The first-order chi connectivity index (χ1) is 17.0. The van der Waals surface area contributed by atoms with Gasteiger partial charge in [0.05, 0.1) is 29.1 Å². The van der Waals surface area contributed by atoms with E-state index in [4.69, 9.17) is 9.47 Å². The van der Waals surface area contributed by atoms with Crippen LogP contribution in [0.2, 0.25) is 0 Å². The van der Waals surface area contributed by atoms with E-state index < -0.39 is 22.8 Å². The molecule has 2 aromatic carbocycles. The number of hydrogen-bond donors (Lipinski definition) is 1. The van der Waals surface area contributed by atoms with Gasteiger partial charge in [-0.2, -0.15) is 0 Å². The Morgan fingerprint density at radius 1 is 1.08 bits per heavy atom. The highest BCUT2D eigenvalue weighted by atomic mass is 35.5. The molecule has 2 atom stereocenters. The van der Waals surface area contributed by atoms with Crippen molar-refractivity contribution in [2.24, 2.45) is 0 Å². The van der Waals surface area contributed by atoms with E-state index in [1.54, 1.807) is 6.07 Å². The molecule has 9 nitrogen and oxygen atoms in total. The molecule has 36 heavy (non-hydrogen) atoms. The summed E-state index contributed by atoms with van der Waals surface area (Å²) >= 11 is 0. The van der Waals surface area contributed by atoms with Gasteiger partial charge >= 0.3 is 11.9 Å². The average Bonchev–Trinajstić information content (AvgIpc) is 2.88. The zero-order valence-electron chi connectivity index (χ0n) is 19.8. The maximum atomic E-state index is 13.3. The highest BCUT2D eigenvalue weighted by Crippen LogP contribution is 2.36. The van der Waals surface area contributed by atoms with Gasteiger partial charge < -0.3 is 14.8 Å². The van der Waals surface area contributed by atoms with Gasteiger partial charge in [-0.15, -0.1) is 12.4 Å². The van der Waals surface area contributed by atoms with Crippen molar-refractivity contribution in [1.29, 1.82) is 0 Å². The fourth-order valence-electron chi connectivity index (χ4n) is 4.52. The van der Waals surface area contributed by atoms with Crippen LogP contribution >= 0.6 is 12.4 Å². The molecule has 2 heterocycles. The molecule has 190 valence electrons. The van der Waals surface area contributed by atoms with Crippen molar-refractivity contribution >= 4 is 30.0 Å². The zero-order valence-corrected chi connectivity index (χ0v) is 20.6. The van der Waals surface area contributed by atoms with Crippen molar-refractivity contribution < 1.29 is 24.0 Å². The molecule has 1 N–H and O–H groups in total. The van der Waals surface area contributed by atoms with E-state index >= 15 is 0 Å². The summed E-state index contributed by atoms with van der Waals surface area (Å²) in [7, 11) is 1.24. The molecular formula is C26H28ClN3O6. The molecule has 0 amide bonds. The third-order valence-corrected chi connectivity index (χ3v) is 6.16. The largest absolute Gasteiger partial charge is 0.466 e. The van der Waals surface area contributed by atoms with Crippen molar-refractivity contribution in [3.63, 3.8) is 0 Å². The van der Waals surface area contributed by atoms with Gasteiger partial charge in [-0.3, -0.25) is 15.0 Å². The fourth-order valence-corrected chi connectivity index (χ4v) is 4.52. The van der Waals surface area contributed by atoms with Crippen LogP contribution in [0.1, 0.15) is 29.9 Å². The Labute approximate surface area is 215 Å². The molecule has 0 saturated carbocycles. The minimum absolute atomic E-state index is 0. The number of likely N-dealkylation sites (tertiary alicyclic amines) is 1. The van der Waals surface area contributed by atoms with Crippen molar-refractivity contribution in [2.75, 3.05) is 20.2 Å². The first-order valence-corrected chi connectivity index (χ1v) is 11.4. The quantitative estimate of drug-likeness (QED) is 0.337. The molecule has 0 aromatic heterocycles. The first kappa shape index (κ1) is 26.9. The van der Waals surface area contributed by atoms with E-state index in [9.17, 15) is 19.7 Å². The molecule has 0 radical (unpaired) electrons. The Hall–Kier alpha value is -3.69. The molecule has 10 heteroatoms. The maximum absolute atomic E-state index is 13.3. The van der Waals surface area contributed by atoms with Crippen LogP contribution in [-0.2, 0) is 25.6 Å². The lowest BCUT2D eigenvalue weighted by atomic mass is 9.83. The van der Waals surface area contributed by atoms with Crippen molar-refractivity contribution in [3.8, 4) is 0 Å². The smallest absolute Gasteiger partial charge is 0.336 e. The number of halogens is 1. The Morgan fingerprint density at radius 2 is 1.81 bits per heavy atom. The van der Waals surface area contributed by atoms with Crippen LogP contribution in [0.15, 0.2) is 78.1 Å². The van der Waals surface area contributed by atoms with Gasteiger partial charge in [0.15, 0.2) is 0 Å². The number of benzene rings is 2. The van der Waals surface area contributed by atoms with Crippen LogP contribution in [0, 0.1) is 10.1 Å². The van der Waals surface area contributed by atoms with Gasteiger partial charge in [-0.05, 0) is 30.5 Å². The van der Waals surface area contributed by atoms with Crippen molar-refractivity contribution in [3.05, 3.63) is 99.4 Å². The summed E-state index contributed by atoms with van der Waals surface area (Å²) in [5, 5.41) is 14.2. The number of esters is 2. The number of nitrogens with one attached hydrogen (secondary N) is 1. The molecule has 0 bridgehead atoms. The van der Waals surface area contributed by atoms with Gasteiger partial charge in [-0.1, -0.05) is 42.5 Å². The number of rotatable bonds is 7. The topological polar surface area (TPSA) is 111 Å². The first-order valence-electron chi connectivity index (χ1n) is 11.4. The minimum Gasteiger partial charge on any atom is -0.466 e. The summed E-state index contributed by atoms with van der Waals surface area (Å²) < 4.78 is 10.8. The molecule has 0 aliphatic carbocycles. The highest BCUT2D eigenvalue weighted by molar-refractivity contribution is 5.98. The van der Waals surface area contributed by atoms with Gasteiger partial charge in [0.25, 0.3) is 5.69 Å². The molecule has 0 unspecified atom stereocenters. The standard InChI is InChI=1S/C26H27N3O6.ClH/c1-34-25(30)22-14-27-15-23(24(22)19-9-5-10-20(13-19)29(32)33)26(31)35-21-11-6-12-28(17-21)16-18-7-3-2-4-8-18;/h2-5,7-10,13-15,21,24,27H,6,11-12,16-17H2,1H3;1H/t21-,24-;/m1./s1. The number of carbonyl (C=O) groups is 2. The summed E-state index contributed by atoms with van der Waals surface area (Å²) in [6.07, 6.45) is 4.24. The monoisotopic (exact) mass is 513 g/mol. The third kappa shape index (κ3) is 6.30. The van der Waals surface area contributed by atoms with Crippen molar-refractivity contribution in [1.82, 2.24) is 10.2 Å². The van der Waals surface area contributed by atoms with Crippen molar-refractivity contribution in [2.45, 2.75) is 31.4 Å². The minimum atomic E-state index is -0.861. The molecule has 2 aromatic rings. The lowest BCUT2D eigenvalue weighted by Crippen LogP contribution is -2.40. The number of piperidine rings is 1. The zero-order chi connectivity index (χ0) is 24.8. The second-order valence-electron chi connectivity index (χ2n) is 8.53. The van der Waals surface area contributed by atoms with Crippen LogP contribution in [0.4, 0.5) is 5.69 Å². The lowest BCUT2D eigenvalue weighted by molar-refractivity contribution is -0.384. The van der Waals surface area contributed by atoms with E-state index in [0.717, 1.165) is 25.9 Å². The predicted molar refractivity (Wildman–Crippen MR) is 135 cm³/mol. The molecule has 1 saturated heterocycles. The summed E-state index contributed by atoms with van der Waals surface area (Å²) in [4.78, 5) is 38.9. The number of dihydropyridines is 1. The highest BCUT2D eigenvalue weighted by Gasteiger charge is 2.36. The van der Waals surface area contributed by atoms with Gasteiger partial charge in [-0.25, -0.2) is 9.59 Å². The Balaban J connectivity index is 0.00000361. The van der Waals surface area contributed by atoms with Crippen LogP contribution in [0.5, 0.6) is 0 Å². The number of hydrogen-bond acceptors (Lipinski definition) is 8. The third-order valence-electron chi connectivity index (χ3n) is 6.16. The number of nitro benzene ring substituents is 1. The number of methoxy groups -OCH3 is 1. The lowest BCUT2D eigenvalue weighted by Gasteiger charge is -2.33. The van der Waals surface area contributed by atoms with Crippen LogP contribution in [0.25, 0.3) is 0 Å². The predicted octanol–water partition coefficient (Wildman–Crippen LogP) is 3.85. The van der Waals surface area contributed by atoms with Crippen LogP contribution in [-0.4, -0.2) is 48.1 Å². The van der Waals surface area contributed by atoms with E-state index in [1.807, 2.05) is 18.2 Å². The van der Waals surface area contributed by atoms with Crippen LogP contribution < -0.4 is 5.32 Å². The Morgan fingerprint density at radius 3 is 2.50 bits per heavy atom. The molecule has 2 aliphatic rings. The molecule has 1 fully saturated rings. The molecule has 4 rings (SSSR count). The van der Waals surface area contributed by atoms with Gasteiger partial charge in [0.1, 0.15) is 6.10 Å². The van der Waals surface area contributed by atoms with E-state index in [2.05, 4.69) is 22.3 Å². The number of nitrogens with zero attached hydrogens (tertiary/aromatic N) is 2. The number of ether oxygens (including phenoxy) is 2. The molecular weight excluding hydrogens is 486 g/mol. The number of non-ortho nitro benzene ring substituents is 1. The summed E-state index contributed by atoms with van der Waals surface area (Å²) in [5.74, 6) is -2.07. The average molecular weight is 514 g/mol. The SMILES string of the molecule is COC(=O)C1=CNC=C(C(=O)O[C@@H]2CCCN(Cc3ccccc3)C2)[C@@H]1c1cccc([N+](=O)[O-])c1.Cl. The molecule has 0 spiro atoms. The second-order valence-corrected chi connectivity index (χ2v) is 8.53. The van der Waals surface area contributed by atoms with E-state index in [1.165, 1.54) is 43.3 Å². The molecule has 2 aliphatic heterocycles. The van der Waals surface area contributed by atoms with Gasteiger partial charge in [0, 0.05) is 37.6 Å². The van der Waals surface area contributed by atoms with Gasteiger partial charge in [0.2, 0.25) is 0 Å². The normalized spacial score (nSPS) is 19.6. The number of carbonyl (C=O) groups excluding carboxylic acids is 2. The summed E-state index contributed by atoms with van der Waals surface area (Å²) in [6, 6.07) is 16.0. The Kier molecular flexibility index (Phi) is 9.21. The maximum Gasteiger partial charge on any atom is 0.336 e. The van der Waals surface area contributed by atoms with Crippen LogP contribution in [0.3, 0.4) is 0 Å². The Bertz CT molecular complexity index is 1170. The van der Waals surface area contributed by atoms with E-state index in [-0.39, 0.29) is 35.3 Å². The fraction of sp³-hybridized carbons (Fsp3) is 0.308.